The molecule has 1 heterocycles. The van der Waals surface area contributed by atoms with Crippen LogP contribution in [0.25, 0.3) is 0 Å². The van der Waals surface area contributed by atoms with E-state index in [-0.39, 0.29) is 11.9 Å². The molecule has 0 saturated carbocycles. The Balaban J connectivity index is 2.29. The smallest absolute Gasteiger partial charge is 0.256 e. The number of nitrogen functional groups attached to an aromatic ring is 1. The number of aryl methyl sites for hydroxylation is 2. The first-order valence-corrected chi connectivity index (χ1v) is 7.42. The minimum absolute atomic E-state index is 0.0286. The number of benzene rings is 1. The van der Waals surface area contributed by atoms with E-state index >= 15 is 0 Å². The van der Waals surface area contributed by atoms with Gasteiger partial charge in [-0.3, -0.25) is 4.79 Å². The molecule has 106 valence electrons. The van der Waals surface area contributed by atoms with E-state index in [1.165, 1.54) is 9.75 Å². The third kappa shape index (κ3) is 2.70. The fourth-order valence-corrected chi connectivity index (χ4v) is 3.18. The summed E-state index contributed by atoms with van der Waals surface area (Å²) in [5.41, 5.74) is 8.02. The van der Waals surface area contributed by atoms with E-state index in [9.17, 15) is 4.79 Å². The van der Waals surface area contributed by atoms with Gasteiger partial charge in [-0.1, -0.05) is 12.1 Å². The van der Waals surface area contributed by atoms with Crippen LogP contribution < -0.4 is 5.73 Å². The monoisotopic (exact) mass is 288 g/mol. The molecule has 0 bridgehead atoms. The van der Waals surface area contributed by atoms with Crippen LogP contribution >= 0.6 is 11.3 Å². The first-order chi connectivity index (χ1) is 9.41. The summed E-state index contributed by atoms with van der Waals surface area (Å²) in [5.74, 6) is -0.0286. The van der Waals surface area contributed by atoms with Gasteiger partial charge in [-0.2, -0.15) is 0 Å². The lowest BCUT2D eigenvalue weighted by Gasteiger charge is -2.25. The second-order valence-electron chi connectivity index (χ2n) is 5.08. The standard InChI is InChI=1S/C16H20N2OS/c1-10-6-5-7-13(17)15(10)16(19)18(4)12(3)14-9-8-11(2)20-14/h5-9,12H,17H2,1-4H3. The number of carbonyl (C=O) groups excluding carboxylic acids is 1. The summed E-state index contributed by atoms with van der Waals surface area (Å²) in [5, 5.41) is 0. The molecular weight excluding hydrogens is 268 g/mol. The molecule has 4 heteroatoms. The van der Waals surface area contributed by atoms with Gasteiger partial charge in [0.25, 0.3) is 5.91 Å². The summed E-state index contributed by atoms with van der Waals surface area (Å²) >= 11 is 1.72. The second kappa shape index (κ2) is 5.67. The average Bonchev–Trinajstić information content (AvgIpc) is 2.83. The van der Waals surface area contributed by atoms with Crippen molar-refractivity contribution in [3.8, 4) is 0 Å². The second-order valence-corrected chi connectivity index (χ2v) is 6.40. The lowest BCUT2D eigenvalue weighted by atomic mass is 10.0. The predicted molar refractivity (Wildman–Crippen MR) is 85.2 cm³/mol. The maximum Gasteiger partial charge on any atom is 0.256 e. The van der Waals surface area contributed by atoms with Crippen LogP contribution in [-0.2, 0) is 0 Å². The van der Waals surface area contributed by atoms with Crippen molar-refractivity contribution >= 4 is 22.9 Å². The van der Waals surface area contributed by atoms with Gasteiger partial charge in [0.1, 0.15) is 0 Å². The zero-order chi connectivity index (χ0) is 14.9. The molecule has 3 nitrogen and oxygen atoms in total. The molecule has 1 aromatic carbocycles. The van der Waals surface area contributed by atoms with Crippen molar-refractivity contribution in [2.75, 3.05) is 12.8 Å². The molecule has 2 aromatic rings. The molecule has 0 spiro atoms. The summed E-state index contributed by atoms with van der Waals surface area (Å²) in [7, 11) is 1.83. The van der Waals surface area contributed by atoms with Crippen LogP contribution in [0.2, 0.25) is 0 Å². The summed E-state index contributed by atoms with van der Waals surface area (Å²) < 4.78 is 0. The van der Waals surface area contributed by atoms with Gasteiger partial charge in [-0.25, -0.2) is 0 Å². The number of carbonyl (C=O) groups is 1. The highest BCUT2D eigenvalue weighted by Gasteiger charge is 2.22. The van der Waals surface area contributed by atoms with Crippen molar-refractivity contribution in [1.29, 1.82) is 0 Å². The molecule has 0 aliphatic heterocycles. The number of hydrogen-bond acceptors (Lipinski definition) is 3. The lowest BCUT2D eigenvalue weighted by Crippen LogP contribution is -2.30. The quantitative estimate of drug-likeness (QED) is 0.874. The van der Waals surface area contributed by atoms with Gasteiger partial charge in [0.05, 0.1) is 11.6 Å². The molecule has 0 saturated heterocycles. The van der Waals surface area contributed by atoms with E-state index < -0.39 is 0 Å². The molecule has 20 heavy (non-hydrogen) atoms. The highest BCUT2D eigenvalue weighted by Crippen LogP contribution is 2.28. The lowest BCUT2D eigenvalue weighted by molar-refractivity contribution is 0.0745. The Morgan fingerprint density at radius 2 is 1.95 bits per heavy atom. The number of nitrogens with two attached hydrogens (primary N) is 1. The van der Waals surface area contributed by atoms with Gasteiger partial charge in [0.15, 0.2) is 0 Å². The van der Waals surface area contributed by atoms with Crippen LogP contribution in [0, 0.1) is 13.8 Å². The Morgan fingerprint density at radius 3 is 2.50 bits per heavy atom. The topological polar surface area (TPSA) is 46.3 Å². The minimum Gasteiger partial charge on any atom is -0.398 e. The van der Waals surface area contributed by atoms with Crippen LogP contribution in [0.4, 0.5) is 5.69 Å². The molecule has 0 aliphatic rings. The number of thiophene rings is 1. The molecule has 0 fully saturated rings. The van der Waals surface area contributed by atoms with Gasteiger partial charge < -0.3 is 10.6 Å². The van der Waals surface area contributed by atoms with Crippen molar-refractivity contribution in [2.24, 2.45) is 0 Å². The van der Waals surface area contributed by atoms with Gasteiger partial charge >= 0.3 is 0 Å². The molecular formula is C16H20N2OS. The number of anilines is 1. The van der Waals surface area contributed by atoms with Crippen molar-refractivity contribution in [3.63, 3.8) is 0 Å². The molecule has 2 N–H and O–H groups in total. The van der Waals surface area contributed by atoms with Gasteiger partial charge in [0, 0.05) is 22.5 Å². The average molecular weight is 288 g/mol. The minimum atomic E-state index is -0.0286. The third-order valence-electron chi connectivity index (χ3n) is 3.59. The van der Waals surface area contributed by atoms with Crippen molar-refractivity contribution in [3.05, 3.63) is 51.2 Å². The van der Waals surface area contributed by atoms with Crippen LogP contribution in [0.15, 0.2) is 30.3 Å². The Bertz CT molecular complexity index is 613. The Labute approximate surface area is 124 Å². The molecule has 0 aliphatic carbocycles. The summed E-state index contributed by atoms with van der Waals surface area (Å²) in [4.78, 5) is 16.9. The third-order valence-corrected chi connectivity index (χ3v) is 4.76. The first kappa shape index (κ1) is 14.6. The number of nitrogens with zero attached hydrogens (tertiary/aromatic N) is 1. The molecule has 1 amide bonds. The SMILES string of the molecule is Cc1ccc(C(C)N(C)C(=O)c2c(C)cccc2N)s1. The highest BCUT2D eigenvalue weighted by molar-refractivity contribution is 7.12. The molecule has 1 atom stereocenters. The zero-order valence-corrected chi connectivity index (χ0v) is 13.1. The fourth-order valence-electron chi connectivity index (χ4n) is 2.20. The predicted octanol–water partition coefficient (Wildman–Crippen LogP) is 3.78. The van der Waals surface area contributed by atoms with E-state index in [1.807, 2.05) is 33.0 Å². The van der Waals surface area contributed by atoms with E-state index in [0.29, 0.717) is 11.3 Å². The van der Waals surface area contributed by atoms with E-state index in [0.717, 1.165) is 5.56 Å². The van der Waals surface area contributed by atoms with E-state index in [4.69, 9.17) is 5.73 Å². The van der Waals surface area contributed by atoms with E-state index in [1.54, 1.807) is 22.3 Å². The van der Waals surface area contributed by atoms with Crippen LogP contribution in [0.1, 0.15) is 38.6 Å². The fraction of sp³-hybridized carbons (Fsp3) is 0.312. The van der Waals surface area contributed by atoms with Gasteiger partial charge in [0.2, 0.25) is 0 Å². The van der Waals surface area contributed by atoms with Crippen molar-refractivity contribution < 1.29 is 4.79 Å². The molecule has 2 rings (SSSR count). The van der Waals surface area contributed by atoms with Crippen LogP contribution in [0.5, 0.6) is 0 Å². The van der Waals surface area contributed by atoms with E-state index in [2.05, 4.69) is 19.1 Å². The van der Waals surface area contributed by atoms with Crippen LogP contribution in [-0.4, -0.2) is 17.9 Å². The first-order valence-electron chi connectivity index (χ1n) is 6.60. The number of hydrogen-bond donors (Lipinski definition) is 1. The van der Waals surface area contributed by atoms with Gasteiger partial charge in [-0.15, -0.1) is 11.3 Å². The van der Waals surface area contributed by atoms with Gasteiger partial charge in [-0.05, 0) is 44.5 Å². The maximum atomic E-state index is 12.7. The molecule has 1 aromatic heterocycles. The summed E-state index contributed by atoms with van der Waals surface area (Å²) in [6.45, 7) is 6.02. The molecule has 0 radical (unpaired) electrons. The number of rotatable bonds is 3. The Kier molecular flexibility index (Phi) is 4.14. The Hall–Kier alpha value is -1.81. The van der Waals surface area contributed by atoms with Crippen molar-refractivity contribution in [2.45, 2.75) is 26.8 Å². The van der Waals surface area contributed by atoms with Crippen molar-refractivity contribution in [1.82, 2.24) is 4.90 Å². The zero-order valence-electron chi connectivity index (χ0n) is 12.3. The molecule has 1 unspecified atom stereocenters. The summed E-state index contributed by atoms with van der Waals surface area (Å²) in [6, 6.07) is 9.76. The normalized spacial score (nSPS) is 12.2. The number of amides is 1. The summed E-state index contributed by atoms with van der Waals surface area (Å²) in [6.07, 6.45) is 0. The Morgan fingerprint density at radius 1 is 1.25 bits per heavy atom. The van der Waals surface area contributed by atoms with Crippen LogP contribution in [0.3, 0.4) is 0 Å². The highest BCUT2D eigenvalue weighted by atomic mass is 32.1. The largest absolute Gasteiger partial charge is 0.398 e. The maximum absolute atomic E-state index is 12.7.